The van der Waals surface area contributed by atoms with Crippen molar-refractivity contribution in [1.29, 1.82) is 0 Å². The second kappa shape index (κ2) is 12.7. The third-order valence-electron chi connectivity index (χ3n) is 7.46. The zero-order valence-electron chi connectivity index (χ0n) is 23.3. The summed E-state index contributed by atoms with van der Waals surface area (Å²) in [6.45, 7) is -0.809. The summed E-state index contributed by atoms with van der Waals surface area (Å²) in [7, 11) is 0. The summed E-state index contributed by atoms with van der Waals surface area (Å²) in [6, 6.07) is 9.38. The number of Topliss-reactive ketones (excluding diaryl/α,β-unsaturated/α-hetero) is 1. The average Bonchev–Trinajstić information content (AvgIpc) is 2.99. The highest BCUT2D eigenvalue weighted by atomic mass is 16.7. The van der Waals surface area contributed by atoms with E-state index in [0.717, 1.165) is 24.3 Å². The van der Waals surface area contributed by atoms with Crippen molar-refractivity contribution in [1.82, 2.24) is 0 Å². The molecule has 0 aromatic heterocycles. The number of carbonyl (C=O) groups excluding carboxylic acids is 2. The number of hydrogen-bond acceptors (Lipinski definition) is 15. The Morgan fingerprint density at radius 3 is 2.18 bits per heavy atom. The molecule has 240 valence electrons. The van der Waals surface area contributed by atoms with Crippen LogP contribution in [0.3, 0.4) is 0 Å². The van der Waals surface area contributed by atoms with E-state index < -0.39 is 95.6 Å². The number of hydrogen-bond donors (Lipinski definition) is 9. The summed E-state index contributed by atoms with van der Waals surface area (Å²) in [5, 5.41) is 90.7. The van der Waals surface area contributed by atoms with Crippen LogP contribution in [-0.2, 0) is 25.4 Å². The molecule has 1 unspecified atom stereocenters. The van der Waals surface area contributed by atoms with Crippen molar-refractivity contribution in [3.8, 4) is 40.2 Å². The lowest BCUT2D eigenvalue weighted by molar-refractivity contribution is -0.314. The quantitative estimate of drug-likeness (QED) is 0.122. The molecule has 15 nitrogen and oxygen atoms in total. The number of phenols is 6. The lowest BCUT2D eigenvalue weighted by atomic mass is 9.92. The van der Waals surface area contributed by atoms with Crippen LogP contribution in [0.2, 0.25) is 0 Å². The predicted octanol–water partition coefficient (Wildman–Crippen LogP) is 0.605. The number of carbonyl (C=O) groups is 2. The molecule has 2 aliphatic heterocycles. The fraction of sp³-hybridized carbons (Fsp3) is 0.333. The molecule has 5 rings (SSSR count). The Balaban J connectivity index is 1.45. The largest absolute Gasteiger partial charge is 0.508 e. The zero-order valence-corrected chi connectivity index (χ0v) is 23.3. The lowest BCUT2D eigenvalue weighted by Crippen LogP contribution is -2.61. The van der Waals surface area contributed by atoms with Crippen LogP contribution in [0.5, 0.6) is 40.2 Å². The minimum atomic E-state index is -1.88. The van der Waals surface area contributed by atoms with Gasteiger partial charge in [-0.05, 0) is 41.8 Å². The van der Waals surface area contributed by atoms with E-state index in [-0.39, 0.29) is 29.9 Å². The first-order valence-corrected chi connectivity index (χ1v) is 13.6. The summed E-state index contributed by atoms with van der Waals surface area (Å²) < 4.78 is 22.9. The second-order valence-electron chi connectivity index (χ2n) is 10.5. The molecular formula is C30H30O15. The van der Waals surface area contributed by atoms with E-state index in [0.29, 0.717) is 5.56 Å². The van der Waals surface area contributed by atoms with E-state index in [4.69, 9.17) is 18.9 Å². The van der Waals surface area contributed by atoms with Crippen molar-refractivity contribution in [3.63, 3.8) is 0 Å². The highest BCUT2D eigenvalue weighted by molar-refractivity contribution is 6.05. The van der Waals surface area contributed by atoms with Gasteiger partial charge in [0, 0.05) is 18.6 Å². The van der Waals surface area contributed by atoms with Crippen LogP contribution in [0.1, 0.15) is 34.0 Å². The molecule has 1 fully saturated rings. The van der Waals surface area contributed by atoms with Crippen LogP contribution < -0.4 is 4.74 Å². The van der Waals surface area contributed by atoms with Crippen LogP contribution >= 0.6 is 0 Å². The van der Waals surface area contributed by atoms with Gasteiger partial charge in [-0.1, -0.05) is 12.1 Å². The molecule has 7 atom stereocenters. The molecule has 1 saturated heterocycles. The normalized spacial score (nSPS) is 26.1. The molecule has 9 N–H and O–H groups in total. The van der Waals surface area contributed by atoms with E-state index in [9.17, 15) is 55.5 Å². The maximum absolute atomic E-state index is 13.8. The fourth-order valence-electron chi connectivity index (χ4n) is 5.12. The Kier molecular flexibility index (Phi) is 8.90. The van der Waals surface area contributed by atoms with Crippen LogP contribution in [0, 0.1) is 0 Å². The number of rotatable bonds is 8. The smallest absolute Gasteiger partial charge is 0.306 e. The third kappa shape index (κ3) is 6.38. The van der Waals surface area contributed by atoms with Gasteiger partial charge in [-0.25, -0.2) is 0 Å². The van der Waals surface area contributed by atoms with Crippen molar-refractivity contribution >= 4 is 11.8 Å². The van der Waals surface area contributed by atoms with Gasteiger partial charge in [-0.15, -0.1) is 0 Å². The van der Waals surface area contributed by atoms with Crippen LogP contribution in [0.15, 0.2) is 48.5 Å². The number of esters is 1. The SMILES string of the molecule is O=C(CCc1ccc(O)c(O)c1)O[C@H]1[C@H](OC2C(=O)c3c(O)cc(O)cc3O[C@@H]2c2ccc(O)c(O)c2)O[C@H](CO)[C@@H](O)[C@@H]1O. The molecular weight excluding hydrogens is 600 g/mol. The van der Waals surface area contributed by atoms with Crippen LogP contribution in [-0.4, -0.2) is 101 Å². The topological polar surface area (TPSA) is 253 Å². The molecule has 0 saturated carbocycles. The number of aromatic hydroxyl groups is 6. The highest BCUT2D eigenvalue weighted by Crippen LogP contribution is 2.44. The van der Waals surface area contributed by atoms with E-state index in [1.54, 1.807) is 0 Å². The summed E-state index contributed by atoms with van der Waals surface area (Å²) in [5.41, 5.74) is 0.154. The fourth-order valence-corrected chi connectivity index (χ4v) is 5.12. The van der Waals surface area contributed by atoms with Gasteiger partial charge in [0.15, 0.2) is 47.6 Å². The Hall–Kier alpha value is -4.80. The van der Waals surface area contributed by atoms with Gasteiger partial charge >= 0.3 is 5.97 Å². The van der Waals surface area contributed by atoms with Gasteiger partial charge in [0.05, 0.1) is 6.61 Å². The van der Waals surface area contributed by atoms with Gasteiger partial charge < -0.3 is 64.9 Å². The number of ketones is 1. The first-order valence-electron chi connectivity index (χ1n) is 13.6. The highest BCUT2D eigenvalue weighted by Gasteiger charge is 2.51. The van der Waals surface area contributed by atoms with Gasteiger partial charge in [-0.2, -0.15) is 0 Å². The maximum atomic E-state index is 13.8. The summed E-state index contributed by atoms with van der Waals surface area (Å²) in [6.07, 6.45) is -12.1. The lowest BCUT2D eigenvalue weighted by Gasteiger charge is -2.43. The number of aryl methyl sites for hydroxylation is 1. The molecule has 3 aromatic rings. The Morgan fingerprint density at radius 1 is 0.822 bits per heavy atom. The Bertz CT molecular complexity index is 1590. The molecule has 2 aliphatic rings. The standard InChI is InChI=1S/C30H30O15/c31-11-21-24(39)26(41)29(44-22(38)6-2-12-1-4-15(33)17(35)7-12)30(43-21)45-28-25(40)23-19(37)9-14(32)10-20(23)42-27(28)13-3-5-16(34)18(36)8-13/h1,3-5,7-10,21,24,26-37,39,41H,2,6,11H2/t21-,24-,26+,27-,28?,29-,30+/m1/s1. The van der Waals surface area contributed by atoms with Crippen molar-refractivity contribution in [2.75, 3.05) is 6.61 Å². The maximum Gasteiger partial charge on any atom is 0.306 e. The van der Waals surface area contributed by atoms with Crippen molar-refractivity contribution < 1.29 is 74.5 Å². The first kappa shape index (κ1) is 31.6. The van der Waals surface area contributed by atoms with Crippen molar-refractivity contribution in [2.45, 2.75) is 55.8 Å². The monoisotopic (exact) mass is 630 g/mol. The van der Waals surface area contributed by atoms with Gasteiger partial charge in [0.2, 0.25) is 5.78 Å². The van der Waals surface area contributed by atoms with E-state index in [2.05, 4.69) is 0 Å². The van der Waals surface area contributed by atoms with Gasteiger partial charge in [0.1, 0.15) is 41.1 Å². The molecule has 45 heavy (non-hydrogen) atoms. The number of aliphatic hydroxyl groups excluding tert-OH is 3. The minimum absolute atomic E-state index is 0.0357. The van der Waals surface area contributed by atoms with E-state index in [1.165, 1.54) is 24.3 Å². The first-order chi connectivity index (χ1) is 21.4. The van der Waals surface area contributed by atoms with Gasteiger partial charge in [-0.3, -0.25) is 9.59 Å². The molecule has 0 aliphatic carbocycles. The Morgan fingerprint density at radius 2 is 1.51 bits per heavy atom. The molecule has 0 bridgehead atoms. The van der Waals surface area contributed by atoms with Crippen LogP contribution in [0.4, 0.5) is 0 Å². The average molecular weight is 631 g/mol. The second-order valence-corrected chi connectivity index (χ2v) is 10.5. The van der Waals surface area contributed by atoms with E-state index >= 15 is 0 Å². The Labute approximate surface area is 254 Å². The minimum Gasteiger partial charge on any atom is -0.508 e. The zero-order chi connectivity index (χ0) is 32.6. The molecule has 0 spiro atoms. The molecule has 15 heteroatoms. The predicted molar refractivity (Wildman–Crippen MR) is 148 cm³/mol. The number of benzene rings is 3. The van der Waals surface area contributed by atoms with Crippen LogP contribution in [0.25, 0.3) is 0 Å². The van der Waals surface area contributed by atoms with E-state index in [1.807, 2.05) is 0 Å². The van der Waals surface area contributed by atoms with Crippen molar-refractivity contribution in [3.05, 3.63) is 65.2 Å². The van der Waals surface area contributed by atoms with Gasteiger partial charge in [0.25, 0.3) is 0 Å². The van der Waals surface area contributed by atoms with Crippen molar-refractivity contribution in [2.24, 2.45) is 0 Å². The molecule has 2 heterocycles. The number of aliphatic hydroxyl groups is 3. The summed E-state index contributed by atoms with van der Waals surface area (Å²) in [4.78, 5) is 26.6. The summed E-state index contributed by atoms with van der Waals surface area (Å²) >= 11 is 0. The molecule has 3 aromatic carbocycles. The third-order valence-corrected chi connectivity index (χ3v) is 7.46. The number of phenolic OH excluding ortho intramolecular Hbond substituents is 6. The number of fused-ring (bicyclic) bond motifs is 1. The molecule has 0 amide bonds. The number of ether oxygens (including phenoxy) is 4. The summed E-state index contributed by atoms with van der Waals surface area (Å²) in [5.74, 6) is -4.97. The molecule has 0 radical (unpaired) electrons.